The minimum absolute atomic E-state index is 0.0143. The van der Waals surface area contributed by atoms with Crippen molar-refractivity contribution in [1.29, 1.82) is 0 Å². The number of hydrogen-bond donors (Lipinski definition) is 2. The third kappa shape index (κ3) is 4.06. The van der Waals surface area contributed by atoms with Crippen molar-refractivity contribution in [2.75, 3.05) is 50.8 Å². The number of hydrogen-bond acceptors (Lipinski definition) is 5. The molecule has 28 heavy (non-hydrogen) atoms. The molecule has 8 nitrogen and oxygen atoms in total. The number of carbonyl (C=O) groups is 2. The number of urea groups is 1. The van der Waals surface area contributed by atoms with Crippen LogP contribution in [0, 0.1) is 0 Å². The second-order valence-electron chi connectivity index (χ2n) is 8.02. The van der Waals surface area contributed by atoms with Crippen molar-refractivity contribution in [3.05, 3.63) is 24.0 Å². The summed E-state index contributed by atoms with van der Waals surface area (Å²) in [6.45, 7) is 4.29. The summed E-state index contributed by atoms with van der Waals surface area (Å²) in [6.07, 6.45) is 5.48. The number of nitrogens with one attached hydrogen (secondary N) is 1. The molecule has 0 unspecified atom stereocenters. The van der Waals surface area contributed by atoms with Crippen LogP contribution in [0.4, 0.5) is 10.5 Å². The Morgan fingerprint density at radius 3 is 2.57 bits per heavy atom. The molecule has 2 N–H and O–H groups in total. The zero-order chi connectivity index (χ0) is 19.5. The molecule has 0 aliphatic carbocycles. The van der Waals surface area contributed by atoms with Gasteiger partial charge in [0.1, 0.15) is 0 Å². The number of rotatable bonds is 3. The van der Waals surface area contributed by atoms with Gasteiger partial charge in [-0.05, 0) is 31.4 Å². The van der Waals surface area contributed by atoms with E-state index in [9.17, 15) is 14.7 Å². The van der Waals surface area contributed by atoms with Crippen LogP contribution in [0.2, 0.25) is 0 Å². The highest BCUT2D eigenvalue weighted by molar-refractivity contribution is 5.78. The molecule has 3 saturated heterocycles. The Hall–Kier alpha value is -2.35. The number of amides is 3. The van der Waals surface area contributed by atoms with Crippen LogP contribution < -0.4 is 10.2 Å². The van der Waals surface area contributed by atoms with Crippen molar-refractivity contribution in [1.82, 2.24) is 20.1 Å². The summed E-state index contributed by atoms with van der Waals surface area (Å²) >= 11 is 0. The average Bonchev–Trinajstić information content (AvgIpc) is 3.18. The minimum atomic E-state index is -0.395. The van der Waals surface area contributed by atoms with Gasteiger partial charge in [-0.25, -0.2) is 4.79 Å². The van der Waals surface area contributed by atoms with Crippen molar-refractivity contribution in [2.24, 2.45) is 0 Å². The lowest BCUT2D eigenvalue weighted by molar-refractivity contribution is -0.122. The summed E-state index contributed by atoms with van der Waals surface area (Å²) in [5.74, 6) is 0.221. The van der Waals surface area contributed by atoms with Gasteiger partial charge in [0.15, 0.2) is 0 Å². The average molecular weight is 387 g/mol. The maximum Gasteiger partial charge on any atom is 0.320 e. The lowest BCUT2D eigenvalue weighted by Gasteiger charge is -2.42. The number of aliphatic hydroxyl groups excluding tert-OH is 1. The number of carbonyl (C=O) groups excluding carboxylic acids is 2. The molecule has 0 aromatic carbocycles. The molecule has 4 heterocycles. The topological polar surface area (TPSA) is 89.0 Å². The Balaban J connectivity index is 1.31. The van der Waals surface area contributed by atoms with Gasteiger partial charge in [-0.2, -0.15) is 0 Å². The Morgan fingerprint density at radius 2 is 1.89 bits per heavy atom. The van der Waals surface area contributed by atoms with Crippen LogP contribution in [0.5, 0.6) is 0 Å². The second-order valence-corrected chi connectivity index (χ2v) is 8.02. The zero-order valence-electron chi connectivity index (χ0n) is 16.2. The summed E-state index contributed by atoms with van der Waals surface area (Å²) in [5.41, 5.74) is 2.23. The predicted octanol–water partition coefficient (Wildman–Crippen LogP) is 0.774. The quantitative estimate of drug-likeness (QED) is 0.800. The van der Waals surface area contributed by atoms with Gasteiger partial charge in [0.25, 0.3) is 0 Å². The van der Waals surface area contributed by atoms with E-state index < -0.39 is 6.04 Å². The highest BCUT2D eigenvalue weighted by Gasteiger charge is 2.36. The van der Waals surface area contributed by atoms with Crippen LogP contribution in [-0.4, -0.2) is 83.7 Å². The summed E-state index contributed by atoms with van der Waals surface area (Å²) in [4.78, 5) is 35.1. The molecule has 3 amide bonds. The number of aliphatic hydroxyl groups is 1. The molecule has 0 spiro atoms. The van der Waals surface area contributed by atoms with Crippen LogP contribution in [-0.2, 0) is 4.79 Å². The van der Waals surface area contributed by atoms with Gasteiger partial charge >= 0.3 is 6.03 Å². The fraction of sp³-hybridized carbons (Fsp3) is 0.650. The largest absolute Gasteiger partial charge is 0.394 e. The van der Waals surface area contributed by atoms with Gasteiger partial charge in [-0.1, -0.05) is 0 Å². The maximum atomic E-state index is 12.8. The first-order valence-electron chi connectivity index (χ1n) is 10.3. The molecule has 3 fully saturated rings. The van der Waals surface area contributed by atoms with Crippen LogP contribution in [0.1, 0.15) is 37.3 Å². The van der Waals surface area contributed by atoms with Gasteiger partial charge in [-0.15, -0.1) is 0 Å². The van der Waals surface area contributed by atoms with Gasteiger partial charge in [0.05, 0.1) is 24.5 Å². The summed E-state index contributed by atoms with van der Waals surface area (Å²) < 4.78 is 0. The molecule has 3 aliphatic heterocycles. The second kappa shape index (κ2) is 8.34. The van der Waals surface area contributed by atoms with Crippen molar-refractivity contribution >= 4 is 17.6 Å². The fourth-order valence-corrected chi connectivity index (χ4v) is 4.23. The molecular formula is C20H29N5O3. The minimum Gasteiger partial charge on any atom is -0.394 e. The molecule has 1 aromatic rings. The van der Waals surface area contributed by atoms with Gasteiger partial charge in [-0.3, -0.25) is 9.78 Å². The van der Waals surface area contributed by atoms with E-state index in [2.05, 4.69) is 27.3 Å². The molecule has 1 aromatic heterocycles. The molecular weight excluding hydrogens is 358 g/mol. The normalized spacial score (nSPS) is 23.8. The van der Waals surface area contributed by atoms with Crippen molar-refractivity contribution in [3.63, 3.8) is 0 Å². The zero-order valence-corrected chi connectivity index (χ0v) is 16.2. The molecule has 1 atom stereocenters. The third-order valence-corrected chi connectivity index (χ3v) is 5.94. The molecule has 4 rings (SSSR count). The van der Waals surface area contributed by atoms with E-state index in [1.165, 1.54) is 18.5 Å². The highest BCUT2D eigenvalue weighted by atomic mass is 16.3. The van der Waals surface area contributed by atoms with Gasteiger partial charge in [0.2, 0.25) is 5.91 Å². The number of nitrogens with zero attached hydrogens (tertiary/aromatic N) is 4. The summed E-state index contributed by atoms with van der Waals surface area (Å²) in [5, 5.41) is 12.2. The molecule has 3 aliphatic rings. The van der Waals surface area contributed by atoms with Crippen LogP contribution >= 0.6 is 0 Å². The Morgan fingerprint density at radius 1 is 1.11 bits per heavy atom. The lowest BCUT2D eigenvalue weighted by atomic mass is 9.96. The first-order valence-corrected chi connectivity index (χ1v) is 10.3. The van der Waals surface area contributed by atoms with Crippen LogP contribution in [0.15, 0.2) is 18.3 Å². The Bertz CT molecular complexity index is 698. The van der Waals surface area contributed by atoms with E-state index in [1.54, 1.807) is 4.90 Å². The van der Waals surface area contributed by atoms with Crippen LogP contribution in [0.25, 0.3) is 0 Å². The smallest absolute Gasteiger partial charge is 0.320 e. The standard InChI is InChI=1S/C20H29N5O3/c26-14-16-13-24(9-3-4-19(27)22-16)20(28)25-11-15(12-25)18-6-5-17(10-21-18)23-7-1-2-8-23/h5-6,10,15-16,26H,1-4,7-9,11-14H2,(H,22,27)/t16-/m1/s1. The lowest BCUT2D eigenvalue weighted by Crippen LogP contribution is -2.57. The Kier molecular flexibility index (Phi) is 5.66. The number of pyridine rings is 1. The first kappa shape index (κ1) is 19.0. The third-order valence-electron chi connectivity index (χ3n) is 5.94. The highest BCUT2D eigenvalue weighted by Crippen LogP contribution is 2.28. The van der Waals surface area contributed by atoms with E-state index >= 15 is 0 Å². The van der Waals surface area contributed by atoms with E-state index in [0.29, 0.717) is 39.0 Å². The molecule has 0 radical (unpaired) electrons. The van der Waals surface area contributed by atoms with Crippen molar-refractivity contribution in [3.8, 4) is 0 Å². The van der Waals surface area contributed by atoms with Crippen LogP contribution in [0.3, 0.4) is 0 Å². The molecule has 0 saturated carbocycles. The Labute approximate surface area is 165 Å². The maximum absolute atomic E-state index is 12.8. The van der Waals surface area contributed by atoms with Gasteiger partial charge < -0.3 is 25.1 Å². The van der Waals surface area contributed by atoms with E-state index in [0.717, 1.165) is 18.8 Å². The van der Waals surface area contributed by atoms with Crippen molar-refractivity contribution < 1.29 is 14.7 Å². The summed E-state index contributed by atoms with van der Waals surface area (Å²) in [6, 6.07) is 3.83. The SMILES string of the molecule is O=C1CCCN(C(=O)N2CC(c3ccc(N4CCCC4)cn3)C2)C[C@H](CO)N1. The van der Waals surface area contributed by atoms with E-state index in [4.69, 9.17) is 0 Å². The fourth-order valence-electron chi connectivity index (χ4n) is 4.23. The number of likely N-dealkylation sites (tertiary alicyclic amines) is 1. The van der Waals surface area contributed by atoms with E-state index in [-0.39, 0.29) is 24.5 Å². The van der Waals surface area contributed by atoms with Crippen molar-refractivity contribution in [2.45, 2.75) is 37.6 Å². The first-order chi connectivity index (χ1) is 13.6. The van der Waals surface area contributed by atoms with E-state index in [1.807, 2.05) is 11.1 Å². The number of aromatic nitrogens is 1. The molecule has 152 valence electrons. The van der Waals surface area contributed by atoms with Gasteiger partial charge in [0, 0.05) is 57.3 Å². The summed E-state index contributed by atoms with van der Waals surface area (Å²) in [7, 11) is 0. The molecule has 0 bridgehead atoms. The predicted molar refractivity (Wildman–Crippen MR) is 105 cm³/mol. The molecule has 8 heteroatoms. The monoisotopic (exact) mass is 387 g/mol. The number of anilines is 1.